The van der Waals surface area contributed by atoms with E-state index in [1.165, 1.54) is 6.92 Å². The summed E-state index contributed by atoms with van der Waals surface area (Å²) >= 11 is 0. The van der Waals surface area contributed by atoms with E-state index in [9.17, 15) is 41.2 Å². The molecule has 2 amide bonds. The molecule has 14 heteroatoms. The van der Waals surface area contributed by atoms with E-state index in [0.29, 0.717) is 19.3 Å². The number of amides is 2. The van der Waals surface area contributed by atoms with Crippen LogP contribution in [0.2, 0.25) is 0 Å². The fourth-order valence-electron chi connectivity index (χ4n) is 8.73. The standard InChI is InChI=1S/C24H27F2NO10S/c1-9(28)27-17-13-4-14(16(15(13)20(27)30)21(31)36-8-24(25,26)38(33,34)35)19(17)37-22(32)23-5-10-2-11(6-23)18(29)12(3-10)7-23/h10-17,19H,2-8H2,1H3,(H,33,34,35). The fraction of sp³-hybridized carbons (Fsp3) is 0.792. The Morgan fingerprint density at radius 1 is 1.08 bits per heavy atom. The SMILES string of the molecule is CC(=O)N1C(=O)C2C3CC(C(OC(=O)C45CC6CC(C4)C(=O)C(C6)C5)C31)C2C(=O)OCC(F)(F)S(=O)(=O)O. The average molecular weight is 560 g/mol. The molecule has 8 atom stereocenters. The summed E-state index contributed by atoms with van der Waals surface area (Å²) in [6.07, 6.45) is 1.95. The van der Waals surface area contributed by atoms with Gasteiger partial charge in [-0.1, -0.05) is 0 Å². The van der Waals surface area contributed by atoms with Crippen molar-refractivity contribution in [3.8, 4) is 0 Å². The molecule has 0 aromatic heterocycles. The van der Waals surface area contributed by atoms with Gasteiger partial charge in [0.1, 0.15) is 11.9 Å². The minimum atomic E-state index is -5.85. The molecule has 0 spiro atoms. The van der Waals surface area contributed by atoms with E-state index in [4.69, 9.17) is 9.29 Å². The summed E-state index contributed by atoms with van der Waals surface area (Å²) < 4.78 is 68.5. The molecule has 7 rings (SSSR count). The second-order valence-corrected chi connectivity index (χ2v) is 13.5. The highest BCUT2D eigenvalue weighted by molar-refractivity contribution is 7.86. The first-order valence-corrected chi connectivity index (χ1v) is 14.2. The van der Waals surface area contributed by atoms with Crippen molar-refractivity contribution in [2.75, 3.05) is 6.61 Å². The van der Waals surface area contributed by atoms with Gasteiger partial charge in [-0.3, -0.25) is 33.4 Å². The molecule has 0 radical (unpaired) electrons. The van der Waals surface area contributed by atoms with Gasteiger partial charge in [0.25, 0.3) is 0 Å². The van der Waals surface area contributed by atoms with Crippen LogP contribution in [0.25, 0.3) is 0 Å². The van der Waals surface area contributed by atoms with Crippen molar-refractivity contribution in [2.24, 2.45) is 46.8 Å². The zero-order chi connectivity index (χ0) is 27.5. The lowest BCUT2D eigenvalue weighted by Crippen LogP contribution is -2.56. The predicted octanol–water partition coefficient (Wildman–Crippen LogP) is 0.957. The molecule has 1 N–H and O–H groups in total. The third-order valence-electron chi connectivity index (χ3n) is 9.91. The van der Waals surface area contributed by atoms with Crippen LogP contribution in [0.3, 0.4) is 0 Å². The van der Waals surface area contributed by atoms with Gasteiger partial charge in [0.15, 0.2) is 6.61 Å². The van der Waals surface area contributed by atoms with Gasteiger partial charge in [-0.05, 0) is 50.4 Å². The van der Waals surface area contributed by atoms with E-state index < -0.39 is 87.0 Å². The molecule has 38 heavy (non-hydrogen) atoms. The van der Waals surface area contributed by atoms with Crippen molar-refractivity contribution in [3.63, 3.8) is 0 Å². The zero-order valence-electron chi connectivity index (χ0n) is 20.4. The molecule has 0 aromatic carbocycles. The molecule has 7 aliphatic rings. The third-order valence-corrected chi connectivity index (χ3v) is 10.8. The largest absolute Gasteiger partial charge is 0.459 e. The first kappa shape index (κ1) is 25.8. The summed E-state index contributed by atoms with van der Waals surface area (Å²) in [5.41, 5.74) is -0.858. The van der Waals surface area contributed by atoms with Gasteiger partial charge < -0.3 is 9.47 Å². The van der Waals surface area contributed by atoms with Gasteiger partial charge in [0, 0.05) is 24.7 Å². The van der Waals surface area contributed by atoms with Gasteiger partial charge in [-0.25, -0.2) is 0 Å². The molecule has 11 nitrogen and oxygen atoms in total. The summed E-state index contributed by atoms with van der Waals surface area (Å²) in [7, 11) is -5.85. The Morgan fingerprint density at radius 3 is 2.29 bits per heavy atom. The van der Waals surface area contributed by atoms with Crippen molar-refractivity contribution in [1.29, 1.82) is 0 Å². The number of esters is 2. The number of alkyl halides is 2. The summed E-state index contributed by atoms with van der Waals surface area (Å²) in [6.45, 7) is -0.787. The van der Waals surface area contributed by atoms with Crippen LogP contribution in [-0.4, -0.2) is 71.4 Å². The Hall–Kier alpha value is -2.48. The Bertz CT molecular complexity index is 1250. The highest BCUT2D eigenvalue weighted by Crippen LogP contribution is 2.62. The number of rotatable bonds is 6. The van der Waals surface area contributed by atoms with Crippen molar-refractivity contribution in [3.05, 3.63) is 0 Å². The number of halogens is 2. The maximum absolute atomic E-state index is 13.7. The number of fused-ring (bicyclic) bond motifs is 1. The minimum absolute atomic E-state index is 0.181. The van der Waals surface area contributed by atoms with Gasteiger partial charge in [-0.2, -0.15) is 17.2 Å². The molecule has 0 aromatic rings. The first-order valence-electron chi connectivity index (χ1n) is 12.7. The van der Waals surface area contributed by atoms with E-state index in [1.807, 2.05) is 0 Å². The smallest absolute Gasteiger partial charge is 0.402 e. The summed E-state index contributed by atoms with van der Waals surface area (Å²) in [5, 5.41) is -4.75. The number of ether oxygens (including phenoxy) is 2. The van der Waals surface area contributed by atoms with Crippen molar-refractivity contribution >= 4 is 39.7 Å². The number of carbonyl (C=O) groups excluding carboxylic acids is 5. The number of nitrogens with zero attached hydrogens (tertiary/aromatic N) is 1. The highest BCUT2D eigenvalue weighted by atomic mass is 32.2. The predicted molar refractivity (Wildman–Crippen MR) is 118 cm³/mol. The number of hydrogen-bond donors (Lipinski definition) is 1. The van der Waals surface area contributed by atoms with Crippen LogP contribution in [0.15, 0.2) is 0 Å². The molecule has 1 saturated heterocycles. The average Bonchev–Trinajstić information content (AvgIpc) is 3.42. The van der Waals surface area contributed by atoms with E-state index in [-0.39, 0.29) is 30.0 Å². The Kier molecular flexibility index (Phi) is 5.44. The second-order valence-electron chi connectivity index (χ2n) is 11.9. The number of imide groups is 1. The van der Waals surface area contributed by atoms with Crippen molar-refractivity contribution in [2.45, 2.75) is 62.8 Å². The molecular formula is C24H27F2NO10S. The Morgan fingerprint density at radius 2 is 1.71 bits per heavy atom. The quantitative estimate of drug-likeness (QED) is 0.366. The first-order chi connectivity index (χ1) is 17.6. The zero-order valence-corrected chi connectivity index (χ0v) is 21.2. The van der Waals surface area contributed by atoms with Gasteiger partial charge in [0.2, 0.25) is 11.8 Å². The van der Waals surface area contributed by atoms with E-state index >= 15 is 0 Å². The van der Waals surface area contributed by atoms with Crippen LogP contribution in [0.5, 0.6) is 0 Å². The summed E-state index contributed by atoms with van der Waals surface area (Å²) in [4.78, 5) is 65.7. The molecule has 6 bridgehead atoms. The Labute approximate surface area is 216 Å². The summed E-state index contributed by atoms with van der Waals surface area (Å²) in [6, 6.07) is -0.808. The maximum Gasteiger partial charge on any atom is 0.402 e. The topological polar surface area (TPSA) is 161 Å². The van der Waals surface area contributed by atoms with Crippen molar-refractivity contribution in [1.82, 2.24) is 4.90 Å². The molecule has 1 heterocycles. The number of hydrogen-bond acceptors (Lipinski definition) is 9. The van der Waals surface area contributed by atoms with Crippen LogP contribution >= 0.6 is 0 Å². The molecule has 8 unspecified atom stereocenters. The lowest BCUT2D eigenvalue weighted by atomic mass is 9.49. The van der Waals surface area contributed by atoms with E-state index in [0.717, 1.165) is 17.7 Å². The lowest BCUT2D eigenvalue weighted by Gasteiger charge is -2.54. The number of carbonyl (C=O) groups is 5. The van der Waals surface area contributed by atoms with E-state index in [2.05, 4.69) is 4.74 Å². The monoisotopic (exact) mass is 559 g/mol. The number of likely N-dealkylation sites (tertiary alicyclic amines) is 1. The third kappa shape index (κ3) is 3.44. The molecule has 1 aliphatic heterocycles. The van der Waals surface area contributed by atoms with Crippen LogP contribution in [0.4, 0.5) is 8.78 Å². The molecule has 6 aliphatic carbocycles. The van der Waals surface area contributed by atoms with Crippen LogP contribution in [-0.2, 0) is 43.6 Å². The lowest BCUT2D eigenvalue weighted by molar-refractivity contribution is -0.186. The van der Waals surface area contributed by atoms with Gasteiger partial charge in [0.05, 0.1) is 23.3 Å². The molecular weight excluding hydrogens is 532 g/mol. The van der Waals surface area contributed by atoms with Crippen LogP contribution in [0, 0.1) is 46.8 Å². The van der Waals surface area contributed by atoms with Gasteiger partial charge >= 0.3 is 27.3 Å². The second kappa shape index (κ2) is 8.03. The highest BCUT2D eigenvalue weighted by Gasteiger charge is 2.72. The maximum atomic E-state index is 13.7. The fourth-order valence-corrected chi connectivity index (χ4v) is 8.93. The van der Waals surface area contributed by atoms with Crippen LogP contribution < -0.4 is 0 Å². The normalized spacial score (nSPS) is 42.6. The van der Waals surface area contributed by atoms with Gasteiger partial charge in [-0.15, -0.1) is 0 Å². The van der Waals surface area contributed by atoms with E-state index in [1.54, 1.807) is 0 Å². The Balaban J connectivity index is 1.26. The molecule has 7 fully saturated rings. The molecule has 208 valence electrons. The summed E-state index contributed by atoms with van der Waals surface area (Å²) in [5.74, 6) is -6.89. The van der Waals surface area contributed by atoms with Crippen LogP contribution in [0.1, 0.15) is 45.4 Å². The minimum Gasteiger partial charge on any atom is -0.459 e. The number of ketones is 1. The molecule has 6 saturated carbocycles. The number of Topliss-reactive ketones (excluding diaryl/α,β-unsaturated/α-hetero) is 1. The van der Waals surface area contributed by atoms with Crippen molar-refractivity contribution < 1.29 is 55.2 Å².